The van der Waals surface area contributed by atoms with Gasteiger partial charge in [-0.25, -0.2) is 0 Å². The topological polar surface area (TPSA) is 17.1 Å². The Balaban J connectivity index is 3.74. The van der Waals surface area contributed by atoms with Gasteiger partial charge in [0, 0.05) is 0 Å². The van der Waals surface area contributed by atoms with E-state index < -0.39 is 0 Å². The average molecular weight is 152 g/mol. The van der Waals surface area contributed by atoms with Crippen molar-refractivity contribution < 1.29 is 4.79 Å². The molecule has 62 valence electrons. The molecule has 0 radical (unpaired) electrons. The molecule has 0 spiro atoms. The maximum Gasteiger partial charge on any atom is 0.155 e. The summed E-state index contributed by atoms with van der Waals surface area (Å²) in [4.78, 5) is 10.7. The summed E-state index contributed by atoms with van der Waals surface area (Å²) in [5.41, 5.74) is 2.02. The van der Waals surface area contributed by atoms with E-state index >= 15 is 0 Å². The van der Waals surface area contributed by atoms with Gasteiger partial charge in [-0.2, -0.15) is 0 Å². The first-order chi connectivity index (χ1) is 5.04. The van der Waals surface area contributed by atoms with E-state index in [9.17, 15) is 4.79 Å². The number of hydrogen-bond acceptors (Lipinski definition) is 1. The van der Waals surface area contributed by atoms with Gasteiger partial charge < -0.3 is 0 Å². The Labute approximate surface area is 68.8 Å². The van der Waals surface area contributed by atoms with Crippen molar-refractivity contribution in [2.75, 3.05) is 0 Å². The van der Waals surface area contributed by atoms with Crippen molar-refractivity contribution >= 4 is 5.78 Å². The number of ketones is 1. The highest BCUT2D eigenvalue weighted by molar-refractivity contribution is 5.92. The Morgan fingerprint density at radius 2 is 1.91 bits per heavy atom. The van der Waals surface area contributed by atoms with E-state index in [2.05, 4.69) is 6.58 Å². The minimum absolute atomic E-state index is 0.159. The lowest BCUT2D eigenvalue weighted by atomic mass is 10.1. The number of carbonyl (C=O) groups is 1. The summed E-state index contributed by atoms with van der Waals surface area (Å²) in [7, 11) is 0. The lowest BCUT2D eigenvalue weighted by molar-refractivity contribution is -0.113. The number of allylic oxidation sites excluding steroid dienone is 3. The second-order valence-corrected chi connectivity index (χ2v) is 2.94. The Bertz CT molecular complexity index is 187. The molecule has 0 aliphatic carbocycles. The van der Waals surface area contributed by atoms with Crippen LogP contribution in [0.3, 0.4) is 0 Å². The van der Waals surface area contributed by atoms with Crippen LogP contribution in [0.15, 0.2) is 23.8 Å². The minimum Gasteiger partial charge on any atom is -0.295 e. The second kappa shape index (κ2) is 4.89. The fraction of sp³-hybridized carbons (Fsp3) is 0.500. The van der Waals surface area contributed by atoms with E-state index in [4.69, 9.17) is 0 Å². The lowest BCUT2D eigenvalue weighted by Crippen LogP contribution is -1.90. The Hall–Kier alpha value is -0.850. The lowest BCUT2D eigenvalue weighted by Gasteiger charge is -1.95. The zero-order valence-corrected chi connectivity index (χ0v) is 7.61. The molecule has 0 aliphatic heterocycles. The molecule has 0 N–H and O–H groups in total. The van der Waals surface area contributed by atoms with Gasteiger partial charge in [0.15, 0.2) is 5.78 Å². The number of hydrogen-bond donors (Lipinski definition) is 0. The summed E-state index contributed by atoms with van der Waals surface area (Å²) in [6, 6.07) is 0. The van der Waals surface area contributed by atoms with E-state index in [0.29, 0.717) is 0 Å². The summed E-state index contributed by atoms with van der Waals surface area (Å²) in [5.74, 6) is 0.159. The maximum atomic E-state index is 10.7. The largest absolute Gasteiger partial charge is 0.295 e. The molecule has 0 aliphatic rings. The van der Waals surface area contributed by atoms with Gasteiger partial charge in [0.25, 0.3) is 0 Å². The third-order valence-electron chi connectivity index (χ3n) is 1.58. The van der Waals surface area contributed by atoms with Crippen LogP contribution in [0.4, 0.5) is 0 Å². The first-order valence-corrected chi connectivity index (χ1v) is 3.86. The number of rotatable bonds is 4. The summed E-state index contributed by atoms with van der Waals surface area (Å²) in [6.07, 6.45) is 3.88. The van der Waals surface area contributed by atoms with Gasteiger partial charge in [-0.05, 0) is 39.2 Å². The summed E-state index contributed by atoms with van der Waals surface area (Å²) < 4.78 is 0. The Kier molecular flexibility index (Phi) is 4.51. The minimum atomic E-state index is 0.159. The molecule has 0 amide bonds. The van der Waals surface area contributed by atoms with Crippen molar-refractivity contribution in [3.05, 3.63) is 23.8 Å². The third kappa shape index (κ3) is 5.59. The van der Waals surface area contributed by atoms with Crippen LogP contribution in [-0.2, 0) is 4.79 Å². The van der Waals surface area contributed by atoms with Crippen LogP contribution < -0.4 is 0 Å². The van der Waals surface area contributed by atoms with Gasteiger partial charge in [-0.15, -0.1) is 6.58 Å². The van der Waals surface area contributed by atoms with Gasteiger partial charge in [-0.3, -0.25) is 4.79 Å². The van der Waals surface area contributed by atoms with Crippen LogP contribution in [0.1, 0.15) is 33.6 Å². The van der Waals surface area contributed by atoms with E-state index in [1.807, 2.05) is 19.9 Å². The highest BCUT2D eigenvalue weighted by Gasteiger charge is 1.93. The standard InChI is InChI=1S/C10H16O/c1-8(2)6-5-7-9(3)10(4)11/h7H,1,5-6H2,2-4H3. The average Bonchev–Trinajstić information content (AvgIpc) is 1.86. The van der Waals surface area contributed by atoms with Crippen LogP contribution in [0, 0.1) is 0 Å². The normalized spacial score (nSPS) is 11.4. The second-order valence-electron chi connectivity index (χ2n) is 2.94. The fourth-order valence-corrected chi connectivity index (χ4v) is 0.679. The van der Waals surface area contributed by atoms with Crippen molar-refractivity contribution in [1.29, 1.82) is 0 Å². The van der Waals surface area contributed by atoms with Crippen LogP contribution in [-0.4, -0.2) is 5.78 Å². The molecule has 0 aromatic carbocycles. The van der Waals surface area contributed by atoms with Gasteiger partial charge in [0.1, 0.15) is 0 Å². The highest BCUT2D eigenvalue weighted by Crippen LogP contribution is 2.04. The van der Waals surface area contributed by atoms with E-state index in [1.54, 1.807) is 6.92 Å². The fourth-order valence-electron chi connectivity index (χ4n) is 0.679. The summed E-state index contributed by atoms with van der Waals surface area (Å²) in [6.45, 7) is 9.22. The molecule has 1 nitrogen and oxygen atoms in total. The van der Waals surface area contributed by atoms with Crippen molar-refractivity contribution in [3.8, 4) is 0 Å². The molecule has 1 heteroatoms. The van der Waals surface area contributed by atoms with Crippen molar-refractivity contribution in [2.24, 2.45) is 0 Å². The van der Waals surface area contributed by atoms with Gasteiger partial charge >= 0.3 is 0 Å². The van der Waals surface area contributed by atoms with E-state index in [-0.39, 0.29) is 5.78 Å². The van der Waals surface area contributed by atoms with Crippen molar-refractivity contribution in [2.45, 2.75) is 33.6 Å². The smallest absolute Gasteiger partial charge is 0.155 e. The molecule has 0 fully saturated rings. The highest BCUT2D eigenvalue weighted by atomic mass is 16.1. The van der Waals surface area contributed by atoms with Crippen LogP contribution in [0.2, 0.25) is 0 Å². The summed E-state index contributed by atoms with van der Waals surface area (Å²) >= 11 is 0. The van der Waals surface area contributed by atoms with Gasteiger partial charge in [-0.1, -0.05) is 11.6 Å². The first kappa shape index (κ1) is 10.2. The zero-order valence-electron chi connectivity index (χ0n) is 7.61. The number of Topliss-reactive ketones (excluding diaryl/α,β-unsaturated/α-hetero) is 1. The molecule has 0 aromatic heterocycles. The molecule has 0 heterocycles. The molecule has 0 saturated heterocycles. The van der Waals surface area contributed by atoms with Gasteiger partial charge in [0.2, 0.25) is 0 Å². The molecule has 0 saturated carbocycles. The van der Waals surface area contributed by atoms with Crippen LogP contribution >= 0.6 is 0 Å². The van der Waals surface area contributed by atoms with Crippen molar-refractivity contribution in [1.82, 2.24) is 0 Å². The predicted molar refractivity (Wildman–Crippen MR) is 48.5 cm³/mol. The molecule has 0 rings (SSSR count). The molecular formula is C10H16O. The van der Waals surface area contributed by atoms with Crippen molar-refractivity contribution in [3.63, 3.8) is 0 Å². The quantitative estimate of drug-likeness (QED) is 0.447. The SMILES string of the molecule is C=C(C)CCC=C(C)C(C)=O. The Morgan fingerprint density at radius 3 is 2.27 bits per heavy atom. The number of carbonyl (C=O) groups excluding carboxylic acids is 1. The van der Waals surface area contributed by atoms with Crippen LogP contribution in [0.5, 0.6) is 0 Å². The van der Waals surface area contributed by atoms with Gasteiger partial charge in [0.05, 0.1) is 0 Å². The molecule has 0 unspecified atom stereocenters. The third-order valence-corrected chi connectivity index (χ3v) is 1.58. The molecular weight excluding hydrogens is 136 g/mol. The molecule has 0 bridgehead atoms. The predicted octanol–water partition coefficient (Wildman–Crippen LogP) is 2.88. The molecule has 11 heavy (non-hydrogen) atoms. The Morgan fingerprint density at radius 1 is 1.36 bits per heavy atom. The van der Waals surface area contributed by atoms with E-state index in [0.717, 1.165) is 24.0 Å². The molecule has 0 atom stereocenters. The molecule has 0 aromatic rings. The first-order valence-electron chi connectivity index (χ1n) is 3.86. The summed E-state index contributed by atoms with van der Waals surface area (Å²) in [5, 5.41) is 0. The monoisotopic (exact) mass is 152 g/mol. The zero-order chi connectivity index (χ0) is 8.85. The van der Waals surface area contributed by atoms with Crippen LogP contribution in [0.25, 0.3) is 0 Å². The maximum absolute atomic E-state index is 10.7. The van der Waals surface area contributed by atoms with E-state index in [1.165, 1.54) is 0 Å².